The third kappa shape index (κ3) is 2.31. The van der Waals surface area contributed by atoms with E-state index < -0.39 is 0 Å². The topological polar surface area (TPSA) is 35.6 Å². The van der Waals surface area contributed by atoms with Crippen molar-refractivity contribution < 1.29 is 4.79 Å². The van der Waals surface area contributed by atoms with Crippen molar-refractivity contribution in [2.75, 3.05) is 13.6 Å². The molecule has 3 fully saturated rings. The van der Waals surface area contributed by atoms with E-state index in [1.54, 1.807) is 11.3 Å². The second-order valence-electron chi connectivity index (χ2n) is 6.63. The highest BCUT2D eigenvalue weighted by atomic mass is 32.1. The van der Waals surface area contributed by atoms with Gasteiger partial charge in [0, 0.05) is 23.0 Å². The first kappa shape index (κ1) is 13.7. The first-order valence-electron chi connectivity index (χ1n) is 8.04. The quantitative estimate of drug-likeness (QED) is 0.910. The fourth-order valence-corrected chi connectivity index (χ4v) is 5.23. The van der Waals surface area contributed by atoms with Gasteiger partial charge >= 0.3 is 0 Å². The van der Waals surface area contributed by atoms with Gasteiger partial charge in [0.2, 0.25) is 5.91 Å². The summed E-state index contributed by atoms with van der Waals surface area (Å²) in [6, 6.07) is 5.96. The van der Waals surface area contributed by atoms with Gasteiger partial charge in [-0.15, -0.1) is 11.3 Å². The van der Waals surface area contributed by atoms with Crippen LogP contribution < -0.4 is 5.32 Å². The fraction of sp³-hybridized carbons (Fsp3) is 0.688. The number of rotatable bonds is 2. The van der Waals surface area contributed by atoms with Crippen LogP contribution in [0.15, 0.2) is 17.5 Å². The summed E-state index contributed by atoms with van der Waals surface area (Å²) >= 11 is 1.75. The first-order chi connectivity index (χ1) is 10.2. The molecule has 0 spiro atoms. The molecule has 4 nitrogen and oxygen atoms in total. The molecular weight excluding hydrogens is 282 g/mol. The average Bonchev–Trinajstić information content (AvgIpc) is 3.07. The zero-order chi connectivity index (χ0) is 14.4. The van der Waals surface area contributed by atoms with E-state index in [4.69, 9.17) is 0 Å². The van der Waals surface area contributed by atoms with Gasteiger partial charge in [0.15, 0.2) is 0 Å². The van der Waals surface area contributed by atoms with Gasteiger partial charge in [-0.1, -0.05) is 12.5 Å². The molecule has 0 saturated carbocycles. The Labute approximate surface area is 130 Å². The molecule has 1 amide bonds. The molecule has 3 unspecified atom stereocenters. The number of fused-ring (bicyclic) bond motifs is 2. The van der Waals surface area contributed by atoms with Gasteiger partial charge in [0.1, 0.15) is 6.17 Å². The number of amides is 1. The molecule has 114 valence electrons. The number of carbonyl (C=O) groups excluding carboxylic acids is 1. The van der Waals surface area contributed by atoms with Crippen molar-refractivity contribution >= 4 is 17.2 Å². The second kappa shape index (κ2) is 5.38. The lowest BCUT2D eigenvalue weighted by molar-refractivity contribution is -0.133. The minimum absolute atomic E-state index is 0.103. The zero-order valence-corrected chi connectivity index (χ0v) is 13.3. The lowest BCUT2D eigenvalue weighted by atomic mass is 9.81. The molecule has 3 aliphatic rings. The maximum Gasteiger partial charge on any atom is 0.238 e. The summed E-state index contributed by atoms with van der Waals surface area (Å²) in [5.74, 6) is 0.279. The van der Waals surface area contributed by atoms with Crippen LogP contribution in [0.4, 0.5) is 0 Å². The van der Waals surface area contributed by atoms with E-state index in [0.29, 0.717) is 24.7 Å². The molecule has 1 N–H and O–H groups in total. The summed E-state index contributed by atoms with van der Waals surface area (Å²) in [5.41, 5.74) is 0. The lowest BCUT2D eigenvalue weighted by Gasteiger charge is -2.49. The number of thiophene rings is 1. The maximum absolute atomic E-state index is 12.4. The highest BCUT2D eigenvalue weighted by Gasteiger charge is 2.44. The molecule has 2 bridgehead atoms. The lowest BCUT2D eigenvalue weighted by Crippen LogP contribution is -2.56. The van der Waals surface area contributed by atoms with Crippen LogP contribution in [-0.4, -0.2) is 47.4 Å². The molecule has 0 aliphatic carbocycles. The van der Waals surface area contributed by atoms with E-state index in [9.17, 15) is 4.79 Å². The van der Waals surface area contributed by atoms with Crippen LogP contribution in [0.2, 0.25) is 0 Å². The largest absolute Gasteiger partial charge is 0.318 e. The van der Waals surface area contributed by atoms with Crippen molar-refractivity contribution in [3.8, 4) is 0 Å². The van der Waals surface area contributed by atoms with E-state index >= 15 is 0 Å². The number of nitrogens with zero attached hydrogens (tertiary/aromatic N) is 2. The number of hydrogen-bond donors (Lipinski definition) is 1. The summed E-state index contributed by atoms with van der Waals surface area (Å²) in [6.07, 6.45) is 6.33. The molecule has 4 heterocycles. The van der Waals surface area contributed by atoms with Crippen LogP contribution in [0.5, 0.6) is 0 Å². The second-order valence-corrected chi connectivity index (χ2v) is 7.61. The van der Waals surface area contributed by atoms with Gasteiger partial charge in [0.25, 0.3) is 0 Å². The minimum Gasteiger partial charge on any atom is -0.318 e. The number of nitrogens with one attached hydrogen (secondary N) is 1. The SMILES string of the molecule is CN1C2CCCC1CC(N1C(=O)CNC1c1cccs1)C2. The summed E-state index contributed by atoms with van der Waals surface area (Å²) in [6.45, 7) is 0.490. The highest BCUT2D eigenvalue weighted by Crippen LogP contribution is 2.38. The van der Waals surface area contributed by atoms with Crippen LogP contribution >= 0.6 is 11.3 Å². The summed E-state index contributed by atoms with van der Waals surface area (Å²) in [4.78, 5) is 18.4. The molecule has 3 saturated heterocycles. The van der Waals surface area contributed by atoms with Gasteiger partial charge in [-0.25, -0.2) is 0 Å². The molecule has 1 aromatic rings. The van der Waals surface area contributed by atoms with Crippen LogP contribution in [0.3, 0.4) is 0 Å². The Kier molecular flexibility index (Phi) is 3.52. The van der Waals surface area contributed by atoms with Crippen molar-refractivity contribution in [3.63, 3.8) is 0 Å². The van der Waals surface area contributed by atoms with Crippen LogP contribution in [0, 0.1) is 0 Å². The van der Waals surface area contributed by atoms with E-state index in [1.807, 2.05) is 0 Å². The van der Waals surface area contributed by atoms with Gasteiger partial charge in [-0.3, -0.25) is 10.1 Å². The van der Waals surface area contributed by atoms with Gasteiger partial charge in [-0.05, 0) is 44.2 Å². The number of carbonyl (C=O) groups is 1. The Balaban J connectivity index is 1.58. The van der Waals surface area contributed by atoms with E-state index in [1.165, 1.54) is 24.1 Å². The Morgan fingerprint density at radius 1 is 1.24 bits per heavy atom. The molecule has 0 radical (unpaired) electrons. The van der Waals surface area contributed by atoms with Crippen LogP contribution in [0.1, 0.15) is 43.1 Å². The Bertz CT molecular complexity index is 504. The first-order valence-corrected chi connectivity index (χ1v) is 8.92. The van der Waals surface area contributed by atoms with Crippen LogP contribution in [-0.2, 0) is 4.79 Å². The van der Waals surface area contributed by atoms with Crippen molar-refractivity contribution in [1.82, 2.24) is 15.1 Å². The van der Waals surface area contributed by atoms with Crippen molar-refractivity contribution in [3.05, 3.63) is 22.4 Å². The van der Waals surface area contributed by atoms with E-state index in [-0.39, 0.29) is 12.1 Å². The Hall–Kier alpha value is -0.910. The fourth-order valence-electron chi connectivity index (χ4n) is 4.43. The maximum atomic E-state index is 12.4. The zero-order valence-electron chi connectivity index (χ0n) is 12.5. The number of hydrogen-bond acceptors (Lipinski definition) is 4. The summed E-state index contributed by atoms with van der Waals surface area (Å²) < 4.78 is 0. The summed E-state index contributed by atoms with van der Waals surface area (Å²) in [5, 5.41) is 5.50. The molecule has 0 aromatic carbocycles. The van der Waals surface area contributed by atoms with E-state index in [0.717, 1.165) is 12.8 Å². The predicted molar refractivity (Wildman–Crippen MR) is 84.1 cm³/mol. The Morgan fingerprint density at radius 3 is 2.67 bits per heavy atom. The van der Waals surface area contributed by atoms with Gasteiger partial charge < -0.3 is 9.80 Å². The van der Waals surface area contributed by atoms with Crippen molar-refractivity contribution in [2.24, 2.45) is 0 Å². The molecule has 21 heavy (non-hydrogen) atoms. The van der Waals surface area contributed by atoms with Crippen molar-refractivity contribution in [1.29, 1.82) is 0 Å². The molecule has 4 rings (SSSR count). The molecular formula is C16H23N3OS. The third-order valence-electron chi connectivity index (χ3n) is 5.53. The molecule has 3 aliphatic heterocycles. The Morgan fingerprint density at radius 2 is 2.00 bits per heavy atom. The smallest absolute Gasteiger partial charge is 0.238 e. The monoisotopic (exact) mass is 305 g/mol. The molecule has 1 aromatic heterocycles. The van der Waals surface area contributed by atoms with Gasteiger partial charge in [-0.2, -0.15) is 0 Å². The highest BCUT2D eigenvalue weighted by molar-refractivity contribution is 7.10. The van der Waals surface area contributed by atoms with Crippen LogP contribution in [0.25, 0.3) is 0 Å². The molecule has 3 atom stereocenters. The van der Waals surface area contributed by atoms with Gasteiger partial charge in [0.05, 0.1) is 6.54 Å². The van der Waals surface area contributed by atoms with E-state index in [2.05, 4.69) is 39.7 Å². The normalized spacial score (nSPS) is 37.2. The number of piperidine rings is 2. The summed E-state index contributed by atoms with van der Waals surface area (Å²) in [7, 11) is 2.27. The predicted octanol–water partition coefficient (Wildman–Crippen LogP) is 2.19. The standard InChI is InChI=1S/C16H23N3OS/c1-18-11-4-2-5-12(18)9-13(8-11)19-15(20)10-17-16(19)14-6-3-7-21-14/h3,6-7,11-13,16-17H,2,4-5,8-10H2,1H3. The molecule has 5 heteroatoms. The average molecular weight is 305 g/mol. The third-order valence-corrected chi connectivity index (χ3v) is 6.46. The minimum atomic E-state index is 0.103. The van der Waals surface area contributed by atoms with Crippen molar-refractivity contribution in [2.45, 2.75) is 56.4 Å².